The maximum Gasteiger partial charge on any atom is 0.271 e. The van der Waals surface area contributed by atoms with E-state index in [0.717, 1.165) is 21.4 Å². The highest BCUT2D eigenvalue weighted by Crippen LogP contribution is 2.22. The molecule has 0 aliphatic rings. The van der Waals surface area contributed by atoms with Gasteiger partial charge in [0.1, 0.15) is 5.82 Å². The zero-order chi connectivity index (χ0) is 15.0. The van der Waals surface area contributed by atoms with E-state index in [-0.39, 0.29) is 5.69 Å². The van der Waals surface area contributed by atoms with Gasteiger partial charge in [0.25, 0.3) is 5.69 Å². The molecule has 0 amide bonds. The summed E-state index contributed by atoms with van der Waals surface area (Å²) < 4.78 is 3.01. The SMILES string of the molecule is Cn1c(Cc2ccc(Br)cc2)nc2cc([N+](=O)[O-])ccc21. The molecule has 2 aromatic carbocycles. The number of nitrogens with zero attached hydrogens (tertiary/aromatic N) is 3. The topological polar surface area (TPSA) is 61.0 Å². The second-order valence-corrected chi connectivity index (χ2v) is 5.74. The number of halogens is 1. The van der Waals surface area contributed by atoms with E-state index in [1.165, 1.54) is 12.1 Å². The first-order valence-corrected chi connectivity index (χ1v) is 7.18. The molecule has 0 saturated heterocycles. The third-order valence-electron chi connectivity index (χ3n) is 3.44. The Labute approximate surface area is 129 Å². The van der Waals surface area contributed by atoms with Crippen molar-refractivity contribution in [3.05, 3.63) is 68.4 Å². The van der Waals surface area contributed by atoms with Gasteiger partial charge in [-0.1, -0.05) is 28.1 Å². The van der Waals surface area contributed by atoms with Gasteiger partial charge in [-0.05, 0) is 23.8 Å². The van der Waals surface area contributed by atoms with Crippen molar-refractivity contribution < 1.29 is 4.92 Å². The van der Waals surface area contributed by atoms with Crippen LogP contribution >= 0.6 is 15.9 Å². The molecule has 21 heavy (non-hydrogen) atoms. The second kappa shape index (κ2) is 5.29. The number of rotatable bonds is 3. The molecule has 1 heterocycles. The first kappa shape index (κ1) is 13.8. The van der Waals surface area contributed by atoms with E-state index in [1.807, 2.05) is 35.9 Å². The first-order valence-electron chi connectivity index (χ1n) is 6.39. The molecular formula is C15H12BrN3O2. The summed E-state index contributed by atoms with van der Waals surface area (Å²) in [6.45, 7) is 0. The molecule has 0 radical (unpaired) electrons. The summed E-state index contributed by atoms with van der Waals surface area (Å²) in [6.07, 6.45) is 0.687. The Kier molecular flexibility index (Phi) is 3.47. The molecule has 3 aromatic rings. The quantitative estimate of drug-likeness (QED) is 0.535. The van der Waals surface area contributed by atoms with Crippen LogP contribution < -0.4 is 0 Å². The molecule has 0 aliphatic carbocycles. The van der Waals surface area contributed by atoms with Crippen LogP contribution in [0.4, 0.5) is 5.69 Å². The van der Waals surface area contributed by atoms with Crippen molar-refractivity contribution >= 4 is 32.7 Å². The highest BCUT2D eigenvalue weighted by atomic mass is 79.9. The second-order valence-electron chi connectivity index (χ2n) is 4.82. The van der Waals surface area contributed by atoms with E-state index >= 15 is 0 Å². The normalized spacial score (nSPS) is 11.0. The Hall–Kier alpha value is -2.21. The molecule has 0 atom stereocenters. The highest BCUT2D eigenvalue weighted by Gasteiger charge is 2.12. The summed E-state index contributed by atoms with van der Waals surface area (Å²) in [4.78, 5) is 14.9. The number of hydrogen-bond acceptors (Lipinski definition) is 3. The number of non-ortho nitro benzene ring substituents is 1. The van der Waals surface area contributed by atoms with Crippen molar-refractivity contribution in [3.63, 3.8) is 0 Å². The molecular weight excluding hydrogens is 334 g/mol. The van der Waals surface area contributed by atoms with Crippen molar-refractivity contribution in [2.24, 2.45) is 7.05 Å². The minimum atomic E-state index is -0.400. The maximum absolute atomic E-state index is 10.8. The van der Waals surface area contributed by atoms with Gasteiger partial charge in [-0.15, -0.1) is 0 Å². The van der Waals surface area contributed by atoms with E-state index < -0.39 is 4.92 Å². The van der Waals surface area contributed by atoms with Crippen LogP contribution in [0.5, 0.6) is 0 Å². The summed E-state index contributed by atoms with van der Waals surface area (Å²) in [6, 6.07) is 12.8. The van der Waals surface area contributed by atoms with Gasteiger partial charge >= 0.3 is 0 Å². The smallest absolute Gasteiger partial charge is 0.271 e. The zero-order valence-corrected chi connectivity index (χ0v) is 12.9. The lowest BCUT2D eigenvalue weighted by molar-refractivity contribution is -0.384. The maximum atomic E-state index is 10.8. The number of aryl methyl sites for hydroxylation is 1. The summed E-state index contributed by atoms with van der Waals surface area (Å²) in [5.74, 6) is 0.882. The molecule has 0 unspecified atom stereocenters. The average molecular weight is 346 g/mol. The van der Waals surface area contributed by atoms with Crippen LogP contribution in [-0.2, 0) is 13.5 Å². The number of hydrogen-bond donors (Lipinski definition) is 0. The molecule has 0 spiro atoms. The van der Waals surface area contributed by atoms with Crippen LogP contribution in [0.25, 0.3) is 11.0 Å². The molecule has 0 fully saturated rings. The number of nitro groups is 1. The Balaban J connectivity index is 2.00. The minimum absolute atomic E-state index is 0.0655. The molecule has 1 aromatic heterocycles. The van der Waals surface area contributed by atoms with Gasteiger partial charge in [-0.25, -0.2) is 4.98 Å². The standard InChI is InChI=1S/C15H12BrN3O2/c1-18-14-7-6-12(19(20)21)9-13(14)17-15(18)8-10-2-4-11(16)5-3-10/h2-7,9H,8H2,1H3. The largest absolute Gasteiger partial charge is 0.331 e. The Morgan fingerprint density at radius 1 is 1.24 bits per heavy atom. The number of aromatic nitrogens is 2. The summed E-state index contributed by atoms with van der Waals surface area (Å²) in [5, 5.41) is 10.8. The Bertz CT molecular complexity index is 825. The molecule has 0 bridgehead atoms. The predicted octanol–water partition coefficient (Wildman–Crippen LogP) is 3.83. The number of fused-ring (bicyclic) bond motifs is 1. The zero-order valence-electron chi connectivity index (χ0n) is 11.3. The number of nitro benzene ring substituents is 1. The lowest BCUT2D eigenvalue weighted by Gasteiger charge is -2.03. The van der Waals surface area contributed by atoms with Gasteiger partial charge < -0.3 is 4.57 Å². The summed E-state index contributed by atoms with van der Waals surface area (Å²) >= 11 is 3.41. The molecule has 0 N–H and O–H groups in total. The highest BCUT2D eigenvalue weighted by molar-refractivity contribution is 9.10. The van der Waals surface area contributed by atoms with E-state index in [2.05, 4.69) is 20.9 Å². The van der Waals surface area contributed by atoms with Crippen molar-refractivity contribution in [2.45, 2.75) is 6.42 Å². The molecule has 0 saturated carbocycles. The van der Waals surface area contributed by atoms with Gasteiger partial charge in [-0.2, -0.15) is 0 Å². The molecule has 3 rings (SSSR count). The monoisotopic (exact) mass is 345 g/mol. The van der Waals surface area contributed by atoms with E-state index in [1.54, 1.807) is 6.07 Å². The van der Waals surface area contributed by atoms with Crippen molar-refractivity contribution in [1.82, 2.24) is 9.55 Å². The lowest BCUT2D eigenvalue weighted by atomic mass is 10.1. The van der Waals surface area contributed by atoms with Crippen molar-refractivity contribution in [2.75, 3.05) is 0 Å². The van der Waals surface area contributed by atoms with Crippen LogP contribution in [0, 0.1) is 10.1 Å². The fourth-order valence-corrected chi connectivity index (χ4v) is 2.56. The lowest BCUT2D eigenvalue weighted by Crippen LogP contribution is -1.98. The van der Waals surface area contributed by atoms with Gasteiger partial charge in [0.15, 0.2) is 0 Å². The van der Waals surface area contributed by atoms with Gasteiger partial charge in [0.2, 0.25) is 0 Å². The van der Waals surface area contributed by atoms with Crippen LogP contribution in [0.2, 0.25) is 0 Å². The predicted molar refractivity (Wildman–Crippen MR) is 84.3 cm³/mol. The number of imidazole rings is 1. The third kappa shape index (κ3) is 2.67. The average Bonchev–Trinajstić information content (AvgIpc) is 2.77. The van der Waals surface area contributed by atoms with Crippen LogP contribution in [0.1, 0.15) is 11.4 Å². The third-order valence-corrected chi connectivity index (χ3v) is 3.97. The molecule has 5 nitrogen and oxygen atoms in total. The summed E-state index contributed by atoms with van der Waals surface area (Å²) in [7, 11) is 1.93. The van der Waals surface area contributed by atoms with E-state index in [4.69, 9.17) is 0 Å². The molecule has 6 heteroatoms. The molecule has 106 valence electrons. The fraction of sp³-hybridized carbons (Fsp3) is 0.133. The minimum Gasteiger partial charge on any atom is -0.331 e. The Morgan fingerprint density at radius 2 is 1.95 bits per heavy atom. The van der Waals surface area contributed by atoms with Crippen molar-refractivity contribution in [3.8, 4) is 0 Å². The van der Waals surface area contributed by atoms with Crippen LogP contribution in [0.15, 0.2) is 46.9 Å². The summed E-state index contributed by atoms with van der Waals surface area (Å²) in [5.41, 5.74) is 2.76. The van der Waals surface area contributed by atoms with E-state index in [9.17, 15) is 10.1 Å². The van der Waals surface area contributed by atoms with Crippen LogP contribution in [-0.4, -0.2) is 14.5 Å². The van der Waals surface area contributed by atoms with Gasteiger partial charge in [-0.3, -0.25) is 10.1 Å². The van der Waals surface area contributed by atoms with E-state index in [0.29, 0.717) is 11.9 Å². The first-order chi connectivity index (χ1) is 10.0. The Morgan fingerprint density at radius 3 is 2.62 bits per heavy atom. The fourth-order valence-electron chi connectivity index (χ4n) is 2.29. The molecule has 0 aliphatic heterocycles. The van der Waals surface area contributed by atoms with Crippen LogP contribution in [0.3, 0.4) is 0 Å². The van der Waals surface area contributed by atoms with Gasteiger partial charge in [0, 0.05) is 30.1 Å². The number of benzene rings is 2. The van der Waals surface area contributed by atoms with Gasteiger partial charge in [0.05, 0.1) is 16.0 Å². The van der Waals surface area contributed by atoms with Crippen molar-refractivity contribution in [1.29, 1.82) is 0 Å².